The molecule has 1 rings (SSSR count). The largest absolute Gasteiger partial charge is 0.449 e. The molecule has 114 valence electrons. The summed E-state index contributed by atoms with van der Waals surface area (Å²) in [6.07, 6.45) is -1.10. The Morgan fingerprint density at radius 3 is 2.81 bits per heavy atom. The minimum absolute atomic E-state index is 0.0361. The Balaban J connectivity index is 2.93. The van der Waals surface area contributed by atoms with Crippen LogP contribution in [0.3, 0.4) is 0 Å². The molecule has 9 heteroatoms. The van der Waals surface area contributed by atoms with Crippen LogP contribution in [0.25, 0.3) is 0 Å². The summed E-state index contributed by atoms with van der Waals surface area (Å²) in [5.41, 5.74) is 0.487. The number of hydrogen-bond acceptors (Lipinski definition) is 5. The lowest BCUT2D eigenvalue weighted by Crippen LogP contribution is -2.35. The molecule has 1 aromatic carbocycles. The van der Waals surface area contributed by atoms with Crippen molar-refractivity contribution in [3.63, 3.8) is 0 Å². The van der Waals surface area contributed by atoms with Gasteiger partial charge in [-0.1, -0.05) is 23.4 Å². The Morgan fingerprint density at radius 1 is 1.48 bits per heavy atom. The first-order chi connectivity index (χ1) is 9.88. The maximum Gasteiger partial charge on any atom is 0.422 e. The van der Waals surface area contributed by atoms with Crippen LogP contribution in [0.5, 0.6) is 0 Å². The van der Waals surface area contributed by atoms with Crippen molar-refractivity contribution in [2.45, 2.75) is 6.92 Å². The summed E-state index contributed by atoms with van der Waals surface area (Å²) < 4.78 is 31.6. The van der Waals surface area contributed by atoms with Crippen LogP contribution in [0.15, 0.2) is 18.2 Å². The molecule has 0 radical (unpaired) electrons. The van der Waals surface area contributed by atoms with Gasteiger partial charge in [-0.2, -0.15) is 8.42 Å². The van der Waals surface area contributed by atoms with Crippen molar-refractivity contribution in [3.05, 3.63) is 28.8 Å². The van der Waals surface area contributed by atoms with Gasteiger partial charge in [0.05, 0.1) is 17.3 Å². The predicted octanol–water partition coefficient (Wildman–Crippen LogP) is 1.09. The molecular weight excluding hydrogens is 320 g/mol. The van der Waals surface area contributed by atoms with Gasteiger partial charge in [0.2, 0.25) is 0 Å². The molecule has 0 aromatic heterocycles. The number of aliphatic hydroxyl groups is 1. The summed E-state index contributed by atoms with van der Waals surface area (Å²) in [6, 6.07) is 4.36. The number of carbonyl (C=O) groups is 1. The Kier molecular flexibility index (Phi) is 6.30. The van der Waals surface area contributed by atoms with Gasteiger partial charge in [-0.05, 0) is 25.1 Å². The number of halogens is 1. The SMILES string of the molecule is CCOC(=O)NS(=O)(=O)Nc1cc(C#CCO)ccc1Cl. The van der Waals surface area contributed by atoms with Crippen molar-refractivity contribution in [2.75, 3.05) is 17.9 Å². The van der Waals surface area contributed by atoms with Crippen molar-refractivity contribution < 1.29 is 23.1 Å². The Morgan fingerprint density at radius 2 is 2.19 bits per heavy atom. The summed E-state index contributed by atoms with van der Waals surface area (Å²) in [6.45, 7) is 1.25. The fourth-order valence-corrected chi connectivity index (χ4v) is 2.27. The van der Waals surface area contributed by atoms with Crippen LogP contribution >= 0.6 is 11.6 Å². The van der Waals surface area contributed by atoms with Crippen LogP contribution in [0.4, 0.5) is 10.5 Å². The van der Waals surface area contributed by atoms with Gasteiger partial charge in [0.15, 0.2) is 0 Å². The van der Waals surface area contributed by atoms with Crippen LogP contribution < -0.4 is 9.44 Å². The lowest BCUT2D eigenvalue weighted by molar-refractivity contribution is 0.159. The highest BCUT2D eigenvalue weighted by Crippen LogP contribution is 2.23. The minimum Gasteiger partial charge on any atom is -0.449 e. The quantitative estimate of drug-likeness (QED) is 0.716. The first-order valence-electron chi connectivity index (χ1n) is 5.74. The van der Waals surface area contributed by atoms with Crippen LogP contribution in [0.2, 0.25) is 5.02 Å². The third-order valence-corrected chi connectivity index (χ3v) is 3.27. The molecule has 0 saturated heterocycles. The maximum absolute atomic E-state index is 11.7. The first kappa shape index (κ1) is 17.1. The average Bonchev–Trinajstić information content (AvgIpc) is 2.39. The molecule has 0 aliphatic carbocycles. The van der Waals surface area contributed by atoms with Crippen molar-refractivity contribution in [1.82, 2.24) is 4.72 Å². The zero-order valence-corrected chi connectivity index (χ0v) is 12.6. The predicted molar refractivity (Wildman–Crippen MR) is 78.1 cm³/mol. The number of aliphatic hydroxyl groups excluding tert-OH is 1. The number of hydrogen-bond donors (Lipinski definition) is 3. The molecule has 3 N–H and O–H groups in total. The van der Waals surface area contributed by atoms with Gasteiger partial charge in [-0.25, -0.2) is 9.52 Å². The number of rotatable bonds is 4. The molecule has 0 fully saturated rings. The molecule has 0 bridgehead atoms. The fourth-order valence-electron chi connectivity index (χ4n) is 1.26. The highest BCUT2D eigenvalue weighted by Gasteiger charge is 2.16. The highest BCUT2D eigenvalue weighted by molar-refractivity contribution is 7.91. The van der Waals surface area contributed by atoms with Crippen LogP contribution in [-0.4, -0.2) is 32.8 Å². The van der Waals surface area contributed by atoms with Gasteiger partial charge in [0, 0.05) is 5.56 Å². The monoisotopic (exact) mass is 332 g/mol. The van der Waals surface area contributed by atoms with Crippen LogP contribution in [-0.2, 0) is 14.9 Å². The molecule has 1 amide bonds. The second-order valence-corrected chi connectivity index (χ2v) is 5.40. The van der Waals surface area contributed by atoms with E-state index in [1.165, 1.54) is 12.1 Å². The summed E-state index contributed by atoms with van der Waals surface area (Å²) in [4.78, 5) is 11.1. The third-order valence-electron chi connectivity index (χ3n) is 2.02. The standard InChI is InChI=1S/C12H13ClN2O5S/c1-2-20-12(17)15-21(18,19)14-11-8-9(4-3-7-16)5-6-10(11)13/h5-6,8,14,16H,2,7H2,1H3,(H,15,17). The summed E-state index contributed by atoms with van der Waals surface area (Å²) in [7, 11) is -4.17. The average molecular weight is 333 g/mol. The summed E-state index contributed by atoms with van der Waals surface area (Å²) >= 11 is 5.87. The van der Waals surface area contributed by atoms with Gasteiger partial charge < -0.3 is 9.84 Å². The molecule has 0 unspecified atom stereocenters. The van der Waals surface area contributed by atoms with E-state index in [4.69, 9.17) is 16.7 Å². The zero-order valence-electron chi connectivity index (χ0n) is 11.0. The topological polar surface area (TPSA) is 105 Å². The number of benzene rings is 1. The normalized spacial score (nSPS) is 10.2. The number of anilines is 1. The van der Waals surface area contributed by atoms with Gasteiger partial charge in [0.1, 0.15) is 6.61 Å². The minimum atomic E-state index is -4.17. The van der Waals surface area contributed by atoms with Crippen LogP contribution in [0, 0.1) is 11.8 Å². The van der Waals surface area contributed by atoms with Crippen molar-refractivity contribution in [1.29, 1.82) is 0 Å². The molecule has 0 spiro atoms. The van der Waals surface area contributed by atoms with E-state index in [0.717, 1.165) is 0 Å². The molecule has 21 heavy (non-hydrogen) atoms. The number of carbonyl (C=O) groups excluding carboxylic acids is 1. The van der Waals surface area contributed by atoms with Crippen LogP contribution in [0.1, 0.15) is 12.5 Å². The molecule has 0 heterocycles. The van der Waals surface area contributed by atoms with Gasteiger partial charge in [0.25, 0.3) is 0 Å². The van der Waals surface area contributed by atoms with E-state index in [9.17, 15) is 13.2 Å². The lowest BCUT2D eigenvalue weighted by atomic mass is 10.2. The Bertz CT molecular complexity index is 679. The lowest BCUT2D eigenvalue weighted by Gasteiger charge is -2.10. The first-order valence-corrected chi connectivity index (χ1v) is 7.60. The fraction of sp³-hybridized carbons (Fsp3) is 0.250. The molecule has 7 nitrogen and oxygen atoms in total. The van der Waals surface area contributed by atoms with E-state index in [-0.39, 0.29) is 23.9 Å². The Hall–Kier alpha value is -1.95. The van der Waals surface area contributed by atoms with E-state index in [2.05, 4.69) is 21.3 Å². The third kappa shape index (κ3) is 5.91. The van der Waals surface area contributed by atoms with Crippen molar-refractivity contribution in [3.8, 4) is 11.8 Å². The van der Waals surface area contributed by atoms with E-state index < -0.39 is 16.3 Å². The second-order valence-electron chi connectivity index (χ2n) is 3.58. The van der Waals surface area contributed by atoms with Gasteiger partial charge in [-0.15, -0.1) is 0 Å². The smallest absolute Gasteiger partial charge is 0.422 e. The Labute approximate surface area is 127 Å². The highest BCUT2D eigenvalue weighted by atomic mass is 35.5. The second kappa shape index (κ2) is 7.73. The van der Waals surface area contributed by atoms with E-state index in [1.54, 1.807) is 17.7 Å². The van der Waals surface area contributed by atoms with Gasteiger partial charge in [-0.3, -0.25) is 4.72 Å². The van der Waals surface area contributed by atoms with Crippen molar-refractivity contribution >= 4 is 33.6 Å². The van der Waals surface area contributed by atoms with E-state index >= 15 is 0 Å². The molecule has 0 aliphatic rings. The summed E-state index contributed by atoms with van der Waals surface area (Å²) in [5, 5.41) is 8.74. The summed E-state index contributed by atoms with van der Waals surface area (Å²) in [5.74, 6) is 5.02. The number of nitrogens with one attached hydrogen (secondary N) is 2. The van der Waals surface area contributed by atoms with Crippen molar-refractivity contribution in [2.24, 2.45) is 0 Å². The number of ether oxygens (including phenoxy) is 1. The number of amides is 1. The van der Waals surface area contributed by atoms with E-state index in [0.29, 0.717) is 5.56 Å². The molecule has 0 atom stereocenters. The molecular formula is C12H13ClN2O5S. The zero-order chi connectivity index (χ0) is 15.9. The van der Waals surface area contributed by atoms with E-state index in [1.807, 2.05) is 0 Å². The molecule has 0 aliphatic heterocycles. The maximum atomic E-state index is 11.7. The molecule has 0 saturated carbocycles. The van der Waals surface area contributed by atoms with Gasteiger partial charge >= 0.3 is 16.3 Å². The molecule has 1 aromatic rings.